The van der Waals surface area contributed by atoms with Crippen molar-refractivity contribution in [2.45, 2.75) is 18.7 Å². The maximum atomic E-state index is 13.0. The molecule has 0 amide bonds. The van der Waals surface area contributed by atoms with Gasteiger partial charge >= 0.3 is 0 Å². The van der Waals surface area contributed by atoms with Crippen molar-refractivity contribution in [2.24, 2.45) is 0 Å². The third-order valence-corrected chi connectivity index (χ3v) is 6.78. The standard InChI is InChI=1S/C17H15BrClNO2S/c1-11-3-6-14(7-4-11)23(21,22)20-10-16(18)12(2)15-9-13(19)5-8-17(15)20/h3-9H,10H2,1-2H3. The van der Waals surface area contributed by atoms with Crippen molar-refractivity contribution >= 4 is 48.8 Å². The minimum Gasteiger partial charge on any atom is -0.261 e. The zero-order valence-corrected chi connectivity index (χ0v) is 15.8. The molecule has 6 heteroatoms. The lowest BCUT2D eigenvalue weighted by molar-refractivity contribution is 0.592. The summed E-state index contributed by atoms with van der Waals surface area (Å²) in [5.41, 5.74) is 3.49. The fourth-order valence-electron chi connectivity index (χ4n) is 2.55. The van der Waals surface area contributed by atoms with Crippen LogP contribution in [0, 0.1) is 6.92 Å². The largest absolute Gasteiger partial charge is 0.264 e. The first-order chi connectivity index (χ1) is 10.8. The van der Waals surface area contributed by atoms with E-state index in [1.807, 2.05) is 13.8 Å². The van der Waals surface area contributed by atoms with Crippen molar-refractivity contribution < 1.29 is 8.42 Å². The van der Waals surface area contributed by atoms with E-state index < -0.39 is 10.0 Å². The van der Waals surface area contributed by atoms with Crippen LogP contribution in [0.3, 0.4) is 0 Å². The molecule has 0 radical (unpaired) electrons. The van der Waals surface area contributed by atoms with Crippen LogP contribution in [0.25, 0.3) is 5.57 Å². The topological polar surface area (TPSA) is 37.4 Å². The number of halogens is 2. The van der Waals surface area contributed by atoms with E-state index in [1.54, 1.807) is 42.5 Å². The first-order valence-corrected chi connectivity index (χ1v) is 9.66. The average molecular weight is 413 g/mol. The molecule has 3 rings (SSSR count). The molecule has 1 aliphatic rings. The number of rotatable bonds is 2. The van der Waals surface area contributed by atoms with Crippen LogP contribution in [0.2, 0.25) is 5.02 Å². The molecule has 0 aliphatic carbocycles. The van der Waals surface area contributed by atoms with Crippen molar-refractivity contribution in [3.8, 4) is 0 Å². The van der Waals surface area contributed by atoms with Crippen LogP contribution in [0.5, 0.6) is 0 Å². The summed E-state index contributed by atoms with van der Waals surface area (Å²) in [6.07, 6.45) is 0. The second-order valence-corrected chi connectivity index (χ2v) is 8.77. The highest BCUT2D eigenvalue weighted by Crippen LogP contribution is 2.40. The highest BCUT2D eigenvalue weighted by molar-refractivity contribution is 9.11. The minimum absolute atomic E-state index is 0.274. The van der Waals surface area contributed by atoms with Crippen molar-refractivity contribution in [1.29, 1.82) is 0 Å². The van der Waals surface area contributed by atoms with Crippen LogP contribution >= 0.6 is 27.5 Å². The van der Waals surface area contributed by atoms with Gasteiger partial charge in [-0.05, 0) is 49.8 Å². The molecule has 3 nitrogen and oxygen atoms in total. The van der Waals surface area contributed by atoms with Gasteiger partial charge in [-0.15, -0.1) is 0 Å². The average Bonchev–Trinajstić information content (AvgIpc) is 2.51. The van der Waals surface area contributed by atoms with Gasteiger partial charge in [-0.25, -0.2) is 8.42 Å². The van der Waals surface area contributed by atoms with E-state index in [-0.39, 0.29) is 11.4 Å². The molecule has 0 fully saturated rings. The Hall–Kier alpha value is -1.30. The van der Waals surface area contributed by atoms with E-state index in [0.29, 0.717) is 10.7 Å². The van der Waals surface area contributed by atoms with Gasteiger partial charge in [0.25, 0.3) is 10.0 Å². The van der Waals surface area contributed by atoms with Crippen LogP contribution in [-0.4, -0.2) is 15.0 Å². The summed E-state index contributed by atoms with van der Waals surface area (Å²) in [6.45, 7) is 4.16. The predicted molar refractivity (Wildman–Crippen MR) is 98.7 cm³/mol. The van der Waals surface area contributed by atoms with Crippen molar-refractivity contribution in [1.82, 2.24) is 0 Å². The molecule has 0 aromatic heterocycles. The molecule has 0 bridgehead atoms. The first kappa shape index (κ1) is 16.6. The molecule has 0 saturated carbocycles. The van der Waals surface area contributed by atoms with Gasteiger partial charge in [-0.2, -0.15) is 0 Å². The van der Waals surface area contributed by atoms with Crippen LogP contribution in [-0.2, 0) is 10.0 Å². The Balaban J connectivity index is 2.16. The number of fused-ring (bicyclic) bond motifs is 1. The van der Waals surface area contributed by atoms with Gasteiger partial charge in [-0.1, -0.05) is 45.2 Å². The van der Waals surface area contributed by atoms with Crippen molar-refractivity contribution in [3.05, 3.63) is 63.1 Å². The van der Waals surface area contributed by atoms with Crippen LogP contribution < -0.4 is 4.31 Å². The summed E-state index contributed by atoms with van der Waals surface area (Å²) in [4.78, 5) is 0.281. The Kier molecular flexibility index (Phi) is 4.29. The summed E-state index contributed by atoms with van der Waals surface area (Å²) in [7, 11) is -3.64. The van der Waals surface area contributed by atoms with Crippen LogP contribution in [0.1, 0.15) is 18.1 Å². The number of aryl methyl sites for hydroxylation is 1. The lowest BCUT2D eigenvalue weighted by Gasteiger charge is -2.31. The third kappa shape index (κ3) is 2.93. The molecular formula is C17H15BrClNO2S. The maximum absolute atomic E-state index is 13.0. The van der Waals surface area contributed by atoms with Gasteiger partial charge in [0.2, 0.25) is 0 Å². The molecule has 0 unspecified atom stereocenters. The van der Waals surface area contributed by atoms with Crippen LogP contribution in [0.15, 0.2) is 51.8 Å². The van der Waals surface area contributed by atoms with Gasteiger partial charge in [-0.3, -0.25) is 4.31 Å². The normalized spacial score (nSPS) is 14.9. The Morgan fingerprint density at radius 2 is 1.74 bits per heavy atom. The second-order valence-electron chi connectivity index (χ2n) is 5.52. The summed E-state index contributed by atoms with van der Waals surface area (Å²) < 4.78 is 28.3. The summed E-state index contributed by atoms with van der Waals surface area (Å²) in [5.74, 6) is 0. The van der Waals surface area contributed by atoms with E-state index in [4.69, 9.17) is 11.6 Å². The van der Waals surface area contributed by atoms with E-state index in [9.17, 15) is 8.42 Å². The number of benzene rings is 2. The summed E-state index contributed by atoms with van der Waals surface area (Å²) in [6, 6.07) is 12.1. The number of allylic oxidation sites excluding steroid dienone is 1. The lowest BCUT2D eigenvalue weighted by Crippen LogP contribution is -2.35. The Morgan fingerprint density at radius 3 is 2.39 bits per heavy atom. The maximum Gasteiger partial charge on any atom is 0.264 e. The third-order valence-electron chi connectivity index (χ3n) is 3.93. The summed E-state index contributed by atoms with van der Waals surface area (Å²) in [5, 5.41) is 0.581. The van der Waals surface area contributed by atoms with Gasteiger partial charge < -0.3 is 0 Å². The minimum atomic E-state index is -3.64. The highest BCUT2D eigenvalue weighted by atomic mass is 79.9. The Morgan fingerprint density at radius 1 is 1.09 bits per heavy atom. The molecule has 0 N–H and O–H groups in total. The molecule has 1 heterocycles. The van der Waals surface area contributed by atoms with Gasteiger partial charge in [0, 0.05) is 15.1 Å². The second kappa shape index (κ2) is 5.96. The lowest BCUT2D eigenvalue weighted by atomic mass is 10.0. The summed E-state index contributed by atoms with van der Waals surface area (Å²) >= 11 is 9.58. The fourth-order valence-corrected chi connectivity index (χ4v) is 4.81. The van der Waals surface area contributed by atoms with Crippen LogP contribution in [0.4, 0.5) is 5.69 Å². The zero-order chi connectivity index (χ0) is 16.8. The zero-order valence-electron chi connectivity index (χ0n) is 12.7. The SMILES string of the molecule is CC1=C(Br)CN(S(=O)(=O)c2ccc(C)cc2)c2ccc(Cl)cc21. The molecule has 120 valence electrons. The molecule has 0 spiro atoms. The Labute approximate surface area is 149 Å². The molecule has 2 aromatic carbocycles. The smallest absolute Gasteiger partial charge is 0.261 e. The molecule has 2 aromatic rings. The van der Waals surface area contributed by atoms with Crippen molar-refractivity contribution in [2.75, 3.05) is 10.8 Å². The molecule has 23 heavy (non-hydrogen) atoms. The Bertz CT molecular complexity index is 905. The van der Waals surface area contributed by atoms with E-state index in [1.165, 1.54) is 4.31 Å². The van der Waals surface area contributed by atoms with Crippen molar-refractivity contribution in [3.63, 3.8) is 0 Å². The fraction of sp³-hybridized carbons (Fsp3) is 0.176. The van der Waals surface area contributed by atoms with Gasteiger partial charge in [0.15, 0.2) is 0 Å². The monoisotopic (exact) mass is 411 g/mol. The molecule has 0 atom stereocenters. The molecule has 1 aliphatic heterocycles. The molecule has 0 saturated heterocycles. The quantitative estimate of drug-likeness (QED) is 0.697. The number of nitrogens with zero attached hydrogens (tertiary/aromatic N) is 1. The van der Waals surface area contributed by atoms with E-state index in [2.05, 4.69) is 15.9 Å². The van der Waals surface area contributed by atoms with Gasteiger partial charge in [0.05, 0.1) is 17.1 Å². The van der Waals surface area contributed by atoms with E-state index >= 15 is 0 Å². The number of hydrogen-bond donors (Lipinski definition) is 0. The number of anilines is 1. The first-order valence-electron chi connectivity index (χ1n) is 7.05. The number of hydrogen-bond acceptors (Lipinski definition) is 2. The van der Waals surface area contributed by atoms with E-state index in [0.717, 1.165) is 21.2 Å². The van der Waals surface area contributed by atoms with Gasteiger partial charge in [0.1, 0.15) is 0 Å². The number of sulfonamides is 1. The molecular weight excluding hydrogens is 398 g/mol. The highest BCUT2D eigenvalue weighted by Gasteiger charge is 2.31. The predicted octanol–water partition coefficient (Wildman–Crippen LogP) is 4.98.